The van der Waals surface area contributed by atoms with E-state index < -0.39 is 10.1 Å². The van der Waals surface area contributed by atoms with Crippen molar-refractivity contribution in [1.29, 1.82) is 0 Å². The third-order valence-electron chi connectivity index (χ3n) is 2.54. The van der Waals surface area contributed by atoms with Crippen LogP contribution in [0.3, 0.4) is 0 Å². The SMILES string of the molecule is Cc1cc(C)c(S(=O)(=O)[O-])c(C)c1.N[n+]1cccc(Br)n1. The van der Waals surface area contributed by atoms with Crippen LogP contribution in [0.4, 0.5) is 0 Å². The van der Waals surface area contributed by atoms with Crippen molar-refractivity contribution >= 4 is 26.0 Å². The molecule has 0 amide bonds. The summed E-state index contributed by atoms with van der Waals surface area (Å²) in [6.07, 6.45) is 1.66. The fourth-order valence-corrected chi connectivity index (χ4v) is 3.19. The second-order valence-electron chi connectivity index (χ2n) is 4.49. The molecule has 0 saturated heterocycles. The van der Waals surface area contributed by atoms with Crippen molar-refractivity contribution in [2.75, 3.05) is 5.84 Å². The number of rotatable bonds is 1. The summed E-state index contributed by atoms with van der Waals surface area (Å²) in [5.41, 5.74) is 2.00. The molecule has 0 spiro atoms. The van der Waals surface area contributed by atoms with Gasteiger partial charge >= 0.3 is 0 Å². The van der Waals surface area contributed by atoms with Gasteiger partial charge in [-0.1, -0.05) is 17.7 Å². The van der Waals surface area contributed by atoms with E-state index in [1.807, 2.05) is 13.0 Å². The maximum absolute atomic E-state index is 10.8. The van der Waals surface area contributed by atoms with Crippen molar-refractivity contribution < 1.29 is 17.8 Å². The Morgan fingerprint density at radius 2 is 1.76 bits per heavy atom. The molecule has 0 fully saturated rings. The van der Waals surface area contributed by atoms with Gasteiger partial charge in [-0.2, -0.15) is 5.84 Å². The van der Waals surface area contributed by atoms with E-state index in [0.717, 1.165) is 10.2 Å². The summed E-state index contributed by atoms with van der Waals surface area (Å²) in [7, 11) is -4.33. The molecule has 0 aliphatic heterocycles. The Balaban J connectivity index is 0.000000235. The summed E-state index contributed by atoms with van der Waals surface area (Å²) >= 11 is 3.15. The first-order chi connectivity index (χ1) is 9.61. The molecule has 0 aliphatic rings. The molecule has 0 radical (unpaired) electrons. The second-order valence-corrected chi connectivity index (χ2v) is 6.62. The number of nitrogens with two attached hydrogens (primary N) is 1. The minimum absolute atomic E-state index is 0.0851. The van der Waals surface area contributed by atoms with Crippen molar-refractivity contribution in [2.24, 2.45) is 0 Å². The first-order valence-corrected chi connectivity index (χ1v) is 8.14. The number of hydrogen-bond donors (Lipinski definition) is 1. The Morgan fingerprint density at radius 3 is 2.10 bits per heavy atom. The molecule has 0 bridgehead atoms. The standard InChI is InChI=1S/C9H12O3S.C4H5BrN3/c1-6-4-7(2)9(8(3)5-6)13(10,11)12;5-4-2-1-3-8(6)7-4/h4-5H,1-3H3,(H,10,11,12);1-3H,(H2,6,7)/q;+1/p-1. The minimum Gasteiger partial charge on any atom is -0.744 e. The van der Waals surface area contributed by atoms with Crippen LogP contribution in [0, 0.1) is 20.8 Å². The Labute approximate surface area is 132 Å². The Bertz CT molecular complexity index is 708. The molecule has 2 aromatic rings. The molecule has 1 aromatic heterocycles. The van der Waals surface area contributed by atoms with Crippen LogP contribution in [0.2, 0.25) is 0 Å². The van der Waals surface area contributed by atoms with Gasteiger partial charge in [0, 0.05) is 16.0 Å². The van der Waals surface area contributed by atoms with Gasteiger partial charge in [0.25, 0.3) is 0 Å². The van der Waals surface area contributed by atoms with E-state index >= 15 is 0 Å². The Hall–Kier alpha value is -1.51. The molecular formula is C13H16BrN3O3S. The third kappa shape index (κ3) is 5.41. The van der Waals surface area contributed by atoms with Gasteiger partial charge in [-0.15, -0.1) is 0 Å². The molecule has 6 nitrogen and oxygen atoms in total. The first-order valence-electron chi connectivity index (χ1n) is 5.94. The number of hydrogen-bond acceptors (Lipinski definition) is 5. The van der Waals surface area contributed by atoms with Crippen molar-refractivity contribution in [3.63, 3.8) is 0 Å². The van der Waals surface area contributed by atoms with Crippen LogP contribution in [-0.4, -0.2) is 18.1 Å². The molecule has 0 unspecified atom stereocenters. The number of aromatic nitrogens is 2. The first kappa shape index (κ1) is 17.5. The van der Waals surface area contributed by atoms with Crippen molar-refractivity contribution in [3.8, 4) is 0 Å². The monoisotopic (exact) mass is 373 g/mol. The zero-order chi connectivity index (χ0) is 16.2. The van der Waals surface area contributed by atoms with E-state index in [1.165, 1.54) is 4.79 Å². The van der Waals surface area contributed by atoms with E-state index in [4.69, 9.17) is 5.84 Å². The zero-order valence-electron chi connectivity index (χ0n) is 11.9. The Morgan fingerprint density at radius 1 is 1.24 bits per heavy atom. The lowest BCUT2D eigenvalue weighted by Crippen LogP contribution is -2.47. The Kier molecular flexibility index (Phi) is 5.82. The highest BCUT2D eigenvalue weighted by Crippen LogP contribution is 2.20. The van der Waals surface area contributed by atoms with E-state index in [0.29, 0.717) is 11.1 Å². The fraction of sp³-hybridized carbons (Fsp3) is 0.231. The molecule has 1 heterocycles. The van der Waals surface area contributed by atoms with Gasteiger partial charge in [-0.3, -0.25) is 0 Å². The van der Waals surface area contributed by atoms with Gasteiger partial charge in [0.05, 0.1) is 4.90 Å². The quantitative estimate of drug-likeness (QED) is 0.462. The lowest BCUT2D eigenvalue weighted by atomic mass is 10.1. The van der Waals surface area contributed by atoms with Crippen LogP contribution in [0.25, 0.3) is 0 Å². The van der Waals surface area contributed by atoms with Crippen LogP contribution in [0.1, 0.15) is 16.7 Å². The number of aryl methyl sites for hydroxylation is 3. The molecule has 114 valence electrons. The van der Waals surface area contributed by atoms with E-state index in [2.05, 4.69) is 21.0 Å². The minimum atomic E-state index is -4.33. The molecule has 8 heteroatoms. The summed E-state index contributed by atoms with van der Waals surface area (Å²) in [6.45, 7) is 5.12. The average molecular weight is 374 g/mol. The van der Waals surface area contributed by atoms with Crippen LogP contribution in [-0.2, 0) is 10.1 Å². The topological polar surface area (TPSA) is 100.0 Å². The van der Waals surface area contributed by atoms with Gasteiger partial charge in [0.1, 0.15) is 10.1 Å². The molecule has 1 aromatic carbocycles. The normalized spacial score (nSPS) is 10.7. The number of halogens is 1. The van der Waals surface area contributed by atoms with Gasteiger partial charge < -0.3 is 4.55 Å². The highest BCUT2D eigenvalue weighted by atomic mass is 79.9. The molecule has 0 saturated carbocycles. The van der Waals surface area contributed by atoms with Crippen LogP contribution >= 0.6 is 15.9 Å². The van der Waals surface area contributed by atoms with Crippen molar-refractivity contribution in [1.82, 2.24) is 5.10 Å². The number of benzene rings is 1. The zero-order valence-corrected chi connectivity index (χ0v) is 14.3. The summed E-state index contributed by atoms with van der Waals surface area (Å²) in [4.78, 5) is 1.16. The molecule has 2 N–H and O–H groups in total. The molecule has 21 heavy (non-hydrogen) atoms. The van der Waals surface area contributed by atoms with Crippen LogP contribution < -0.4 is 10.6 Å². The highest BCUT2D eigenvalue weighted by molar-refractivity contribution is 9.10. The molecule has 0 atom stereocenters. The van der Waals surface area contributed by atoms with Crippen LogP contribution in [0.5, 0.6) is 0 Å². The highest BCUT2D eigenvalue weighted by Gasteiger charge is 2.09. The predicted octanol–water partition coefficient (Wildman–Crippen LogP) is 1.36. The summed E-state index contributed by atoms with van der Waals surface area (Å²) in [5, 5.41) is 3.78. The van der Waals surface area contributed by atoms with Gasteiger partial charge in [0.15, 0.2) is 4.60 Å². The number of nitrogen functional groups attached to an aromatic ring is 1. The smallest absolute Gasteiger partial charge is 0.230 e. The van der Waals surface area contributed by atoms with E-state index in [1.54, 1.807) is 38.2 Å². The average Bonchev–Trinajstić information content (AvgIpc) is 2.25. The summed E-state index contributed by atoms with van der Waals surface area (Å²) in [5.74, 6) is 5.23. The predicted molar refractivity (Wildman–Crippen MR) is 80.9 cm³/mol. The maximum Gasteiger partial charge on any atom is 0.230 e. The van der Waals surface area contributed by atoms with Gasteiger partial charge in [-0.25, -0.2) is 8.42 Å². The fourth-order valence-electron chi connectivity index (χ4n) is 1.95. The van der Waals surface area contributed by atoms with Crippen molar-refractivity contribution in [3.05, 3.63) is 51.8 Å². The van der Waals surface area contributed by atoms with Crippen LogP contribution in [0.15, 0.2) is 40.0 Å². The lowest BCUT2D eigenvalue weighted by Gasteiger charge is -2.14. The molecule has 2 rings (SSSR count). The number of nitrogens with zero attached hydrogens (tertiary/aromatic N) is 2. The summed E-state index contributed by atoms with van der Waals surface area (Å²) < 4.78 is 33.2. The third-order valence-corrected chi connectivity index (χ3v) is 4.11. The van der Waals surface area contributed by atoms with Gasteiger partial charge in [-0.05, 0) is 53.9 Å². The van der Waals surface area contributed by atoms with Crippen molar-refractivity contribution in [2.45, 2.75) is 25.7 Å². The van der Waals surface area contributed by atoms with E-state index in [9.17, 15) is 13.0 Å². The molecule has 0 aliphatic carbocycles. The summed E-state index contributed by atoms with van der Waals surface area (Å²) in [6, 6.07) is 7.00. The largest absolute Gasteiger partial charge is 0.744 e. The lowest BCUT2D eigenvalue weighted by molar-refractivity contribution is -0.701. The molecular weight excluding hydrogens is 358 g/mol. The van der Waals surface area contributed by atoms with E-state index in [-0.39, 0.29) is 4.90 Å². The second kappa shape index (κ2) is 6.97. The maximum atomic E-state index is 10.8. The van der Waals surface area contributed by atoms with Gasteiger partial charge in [0.2, 0.25) is 6.20 Å².